The number of carbonyl (C=O) groups excluding carboxylic acids is 2. The SMILES string of the molecule is CC1=NN(C(=O)Cn2c3ccccc3c3nc4cc(Cl)ccc4nc32)C(=O)/C1=C(\C)c1ccc(O)cc1. The number of fused-ring (bicyclic) bond motifs is 4. The largest absolute Gasteiger partial charge is 0.508 e. The van der Waals surface area contributed by atoms with E-state index >= 15 is 0 Å². The van der Waals surface area contributed by atoms with Crippen molar-refractivity contribution in [2.24, 2.45) is 5.10 Å². The van der Waals surface area contributed by atoms with Crippen molar-refractivity contribution in [3.63, 3.8) is 0 Å². The molecule has 1 aliphatic heterocycles. The molecule has 0 fully saturated rings. The first kappa shape index (κ1) is 22.9. The third-order valence-electron chi connectivity index (χ3n) is 6.54. The maximum atomic E-state index is 13.5. The number of allylic oxidation sites excluding steroid dienone is 1. The molecule has 8 nitrogen and oxygen atoms in total. The van der Waals surface area contributed by atoms with Gasteiger partial charge in [-0.05, 0) is 61.4 Å². The highest BCUT2D eigenvalue weighted by Gasteiger charge is 2.34. The van der Waals surface area contributed by atoms with Gasteiger partial charge in [0.2, 0.25) is 0 Å². The Kier molecular flexibility index (Phi) is 5.27. The molecule has 2 amide bonds. The lowest BCUT2D eigenvalue weighted by Crippen LogP contribution is -2.32. The van der Waals surface area contributed by atoms with Gasteiger partial charge in [0.1, 0.15) is 17.8 Å². The van der Waals surface area contributed by atoms with Gasteiger partial charge in [-0.3, -0.25) is 9.59 Å². The summed E-state index contributed by atoms with van der Waals surface area (Å²) >= 11 is 6.16. The van der Waals surface area contributed by atoms with Crippen molar-refractivity contribution in [1.29, 1.82) is 0 Å². The second kappa shape index (κ2) is 8.53. The van der Waals surface area contributed by atoms with E-state index < -0.39 is 11.8 Å². The van der Waals surface area contributed by atoms with Crippen LogP contribution in [0.5, 0.6) is 5.75 Å². The average Bonchev–Trinajstić information content (AvgIpc) is 3.35. The molecule has 37 heavy (non-hydrogen) atoms. The van der Waals surface area contributed by atoms with Crippen molar-refractivity contribution in [2.45, 2.75) is 20.4 Å². The van der Waals surface area contributed by atoms with Crippen LogP contribution >= 0.6 is 11.6 Å². The summed E-state index contributed by atoms with van der Waals surface area (Å²) in [5.41, 5.74) is 5.51. The number of benzene rings is 3. The summed E-state index contributed by atoms with van der Waals surface area (Å²) in [6, 6.07) is 19.4. The van der Waals surface area contributed by atoms with E-state index in [4.69, 9.17) is 21.6 Å². The van der Waals surface area contributed by atoms with Crippen LogP contribution < -0.4 is 0 Å². The van der Waals surface area contributed by atoms with Gasteiger partial charge in [-0.1, -0.05) is 41.9 Å². The van der Waals surface area contributed by atoms with Crippen LogP contribution in [0, 0.1) is 0 Å². The number of amides is 2. The number of hydrogen-bond acceptors (Lipinski definition) is 6. The van der Waals surface area contributed by atoms with Crippen molar-refractivity contribution in [3.05, 3.63) is 82.9 Å². The number of aromatic hydroxyl groups is 1. The quantitative estimate of drug-likeness (QED) is 0.332. The third kappa shape index (κ3) is 3.73. The van der Waals surface area contributed by atoms with Crippen LogP contribution in [0.25, 0.3) is 38.7 Å². The van der Waals surface area contributed by atoms with Gasteiger partial charge in [0, 0.05) is 10.4 Å². The van der Waals surface area contributed by atoms with Gasteiger partial charge < -0.3 is 9.67 Å². The highest BCUT2D eigenvalue weighted by molar-refractivity contribution is 6.31. The summed E-state index contributed by atoms with van der Waals surface area (Å²) in [5, 5.41) is 16.2. The maximum absolute atomic E-state index is 13.5. The van der Waals surface area contributed by atoms with E-state index in [0.717, 1.165) is 21.5 Å². The first-order valence-corrected chi connectivity index (χ1v) is 12.0. The van der Waals surface area contributed by atoms with E-state index in [1.165, 1.54) is 0 Å². The molecule has 182 valence electrons. The Morgan fingerprint density at radius 2 is 1.76 bits per heavy atom. The molecule has 0 saturated heterocycles. The minimum atomic E-state index is -0.487. The number of phenolic OH excluding ortho intramolecular Hbond substituents is 1. The molecular formula is C28H20ClN5O3. The fraction of sp³-hybridized carbons (Fsp3) is 0.107. The average molecular weight is 510 g/mol. The summed E-state index contributed by atoms with van der Waals surface area (Å²) in [7, 11) is 0. The lowest BCUT2D eigenvalue weighted by molar-refractivity contribution is -0.141. The van der Waals surface area contributed by atoms with E-state index in [1.54, 1.807) is 60.9 Å². The molecule has 0 saturated carbocycles. The standard InChI is InChI=1S/C28H20ClN5O3/c1-15(17-7-10-19(35)11-8-17)25-16(2)32-34(28(25)37)24(36)14-33-23-6-4-3-5-20(23)26-27(33)31-21-12-9-18(29)13-22(21)30-26/h3-13,35H,14H2,1-2H3/b25-15+. The van der Waals surface area contributed by atoms with Gasteiger partial charge in [-0.25, -0.2) is 9.97 Å². The zero-order valence-corrected chi connectivity index (χ0v) is 20.7. The first-order valence-electron chi connectivity index (χ1n) is 11.6. The Balaban J connectivity index is 1.41. The van der Waals surface area contributed by atoms with Gasteiger partial charge >= 0.3 is 0 Å². The summed E-state index contributed by atoms with van der Waals surface area (Å²) < 4.78 is 1.76. The number of hydrazone groups is 1. The number of rotatable bonds is 3. The molecule has 0 radical (unpaired) electrons. The molecule has 0 unspecified atom stereocenters. The van der Waals surface area contributed by atoms with Crippen LogP contribution in [0.1, 0.15) is 19.4 Å². The molecule has 0 spiro atoms. The van der Waals surface area contributed by atoms with Gasteiger partial charge in [0.25, 0.3) is 11.8 Å². The molecule has 0 bridgehead atoms. The van der Waals surface area contributed by atoms with Crippen LogP contribution in [-0.2, 0) is 16.1 Å². The predicted molar refractivity (Wildman–Crippen MR) is 143 cm³/mol. The van der Waals surface area contributed by atoms with Gasteiger partial charge in [-0.2, -0.15) is 10.1 Å². The summed E-state index contributed by atoms with van der Waals surface area (Å²) in [6.07, 6.45) is 0. The second-order valence-corrected chi connectivity index (χ2v) is 9.31. The van der Waals surface area contributed by atoms with Gasteiger partial charge in [-0.15, -0.1) is 0 Å². The van der Waals surface area contributed by atoms with Crippen LogP contribution in [0.15, 0.2) is 77.4 Å². The molecule has 1 aliphatic rings. The highest BCUT2D eigenvalue weighted by atomic mass is 35.5. The Morgan fingerprint density at radius 1 is 1.00 bits per heavy atom. The van der Waals surface area contributed by atoms with Crippen LogP contribution in [0.3, 0.4) is 0 Å². The number of halogens is 1. The molecule has 3 heterocycles. The molecule has 6 rings (SSSR count). The Morgan fingerprint density at radius 3 is 2.54 bits per heavy atom. The van der Waals surface area contributed by atoms with E-state index in [0.29, 0.717) is 44.1 Å². The Labute approximate surface area is 216 Å². The van der Waals surface area contributed by atoms with Crippen molar-refractivity contribution in [2.75, 3.05) is 0 Å². The number of carbonyl (C=O) groups is 2. The molecule has 9 heteroatoms. The number of hydrogen-bond donors (Lipinski definition) is 1. The normalized spacial score (nSPS) is 15.2. The number of para-hydroxylation sites is 1. The van der Waals surface area contributed by atoms with Crippen LogP contribution in [-0.4, -0.2) is 42.2 Å². The molecule has 0 aliphatic carbocycles. The summed E-state index contributed by atoms with van der Waals surface area (Å²) in [4.78, 5) is 36.4. The molecular weight excluding hydrogens is 490 g/mol. The van der Waals surface area contributed by atoms with Crippen molar-refractivity contribution < 1.29 is 14.7 Å². The van der Waals surface area contributed by atoms with E-state index in [9.17, 15) is 14.7 Å². The molecule has 5 aromatic rings. The smallest absolute Gasteiger partial charge is 0.283 e. The lowest BCUT2D eigenvalue weighted by Gasteiger charge is -2.13. The third-order valence-corrected chi connectivity index (χ3v) is 6.77. The van der Waals surface area contributed by atoms with Crippen molar-refractivity contribution in [1.82, 2.24) is 19.5 Å². The molecule has 1 N–H and O–H groups in total. The number of imide groups is 1. The fourth-order valence-electron chi connectivity index (χ4n) is 4.74. The molecule has 3 aromatic carbocycles. The second-order valence-electron chi connectivity index (χ2n) is 8.88. The lowest BCUT2D eigenvalue weighted by atomic mass is 9.98. The highest BCUT2D eigenvalue weighted by Crippen LogP contribution is 2.30. The Bertz CT molecular complexity index is 1840. The summed E-state index contributed by atoms with van der Waals surface area (Å²) in [6.45, 7) is 3.35. The minimum Gasteiger partial charge on any atom is -0.508 e. The number of nitrogens with zero attached hydrogens (tertiary/aromatic N) is 5. The molecule has 2 aromatic heterocycles. The van der Waals surface area contributed by atoms with Gasteiger partial charge in [0.05, 0.1) is 27.8 Å². The minimum absolute atomic E-state index is 0.131. The topological polar surface area (TPSA) is 101 Å². The maximum Gasteiger partial charge on any atom is 0.283 e. The fourth-order valence-corrected chi connectivity index (χ4v) is 4.90. The first-order chi connectivity index (χ1) is 17.8. The van der Waals surface area contributed by atoms with Crippen LogP contribution in [0.2, 0.25) is 5.02 Å². The Hall–Kier alpha value is -4.56. The predicted octanol–water partition coefficient (Wildman–Crippen LogP) is 5.32. The van der Waals surface area contributed by atoms with Gasteiger partial charge in [0.15, 0.2) is 5.65 Å². The van der Waals surface area contributed by atoms with E-state index in [-0.39, 0.29) is 12.3 Å². The molecule has 0 atom stereocenters. The van der Waals surface area contributed by atoms with E-state index in [2.05, 4.69) is 5.10 Å². The zero-order valence-electron chi connectivity index (χ0n) is 19.9. The number of phenols is 1. The van der Waals surface area contributed by atoms with E-state index in [1.807, 2.05) is 24.3 Å². The summed E-state index contributed by atoms with van der Waals surface area (Å²) in [5.74, 6) is -0.842. The number of aromatic nitrogens is 3. The van der Waals surface area contributed by atoms with Crippen molar-refractivity contribution in [3.8, 4) is 5.75 Å². The van der Waals surface area contributed by atoms with Crippen molar-refractivity contribution >= 4 is 67.8 Å². The van der Waals surface area contributed by atoms with Crippen LogP contribution in [0.4, 0.5) is 0 Å². The monoisotopic (exact) mass is 509 g/mol. The zero-order chi connectivity index (χ0) is 25.8.